The lowest BCUT2D eigenvalue weighted by Gasteiger charge is -2.55. The molecule has 14 atom stereocenters. The van der Waals surface area contributed by atoms with Crippen molar-refractivity contribution in [2.24, 2.45) is 34.0 Å². The van der Waals surface area contributed by atoms with Crippen LogP contribution in [0.25, 0.3) is 11.2 Å². The predicted octanol–water partition coefficient (Wildman–Crippen LogP) is 2.19. The van der Waals surface area contributed by atoms with Crippen LogP contribution in [-0.4, -0.2) is 140 Å². The molecule has 6 aliphatic rings. The number of aliphatic hydroxyl groups is 2. The van der Waals surface area contributed by atoms with Gasteiger partial charge in [0.1, 0.15) is 36.3 Å². The molecule has 8 rings (SSSR count). The van der Waals surface area contributed by atoms with E-state index in [1.807, 2.05) is 6.92 Å². The average molecular weight is 1080 g/mol. The number of imidazole rings is 1. The fourth-order valence-corrected chi connectivity index (χ4v) is 14.6. The molecular formula is C41H62N7O19P3S. The molecule has 2 aromatic heterocycles. The number of ether oxygens (including phenoxy) is 2. The van der Waals surface area contributed by atoms with Crippen molar-refractivity contribution < 1.29 is 90.0 Å². The highest BCUT2D eigenvalue weighted by molar-refractivity contribution is 8.13. The maximum absolute atomic E-state index is 13.4. The lowest BCUT2D eigenvalue weighted by atomic mass is 9.51. The Bertz CT molecular complexity index is 2550. The van der Waals surface area contributed by atoms with Crippen molar-refractivity contribution in [2.45, 2.75) is 122 Å². The third-order valence-corrected chi connectivity index (χ3v) is 18.6. The summed E-state index contributed by atoms with van der Waals surface area (Å²) in [6, 6.07) is 0. The van der Waals surface area contributed by atoms with Gasteiger partial charge < -0.3 is 55.6 Å². The molecule has 3 aliphatic carbocycles. The molecule has 2 amide bonds. The smallest absolute Gasteiger partial charge is 0.386 e. The minimum absolute atomic E-state index is 0.00305. The van der Waals surface area contributed by atoms with Gasteiger partial charge in [-0.25, -0.2) is 28.6 Å². The number of nitrogen functional groups attached to an aromatic ring is 1. The van der Waals surface area contributed by atoms with Crippen molar-refractivity contribution >= 4 is 74.9 Å². The summed E-state index contributed by atoms with van der Waals surface area (Å²) in [6.45, 7) is 6.56. The fraction of sp³-hybridized carbons (Fsp3) is 0.732. The second kappa shape index (κ2) is 20.9. The Morgan fingerprint density at radius 1 is 1.07 bits per heavy atom. The third kappa shape index (κ3) is 12.2. The van der Waals surface area contributed by atoms with Crippen LogP contribution in [0.3, 0.4) is 0 Å². The number of nitrogens with zero attached hydrogens (tertiary/aromatic N) is 4. The van der Waals surface area contributed by atoms with Crippen LogP contribution in [-0.2, 0) is 60.2 Å². The van der Waals surface area contributed by atoms with Gasteiger partial charge >= 0.3 is 23.5 Å². The van der Waals surface area contributed by atoms with Gasteiger partial charge in [0.15, 0.2) is 28.6 Å². The number of hydrogen-bond acceptors (Lipinski definition) is 20. The molecule has 396 valence electrons. The Balaban J connectivity index is 0.782. The molecular weight excluding hydrogens is 1020 g/mol. The van der Waals surface area contributed by atoms with Crippen molar-refractivity contribution in [2.75, 3.05) is 37.8 Å². The molecule has 30 heteroatoms. The van der Waals surface area contributed by atoms with Gasteiger partial charge in [-0.3, -0.25) is 37.3 Å². The van der Waals surface area contributed by atoms with E-state index in [2.05, 4.69) is 54.3 Å². The third-order valence-electron chi connectivity index (χ3n) is 14.4. The van der Waals surface area contributed by atoms with Gasteiger partial charge in [0, 0.05) is 47.9 Å². The van der Waals surface area contributed by atoms with Gasteiger partial charge in [0.05, 0.1) is 31.2 Å². The molecule has 5 fully saturated rings. The summed E-state index contributed by atoms with van der Waals surface area (Å²) in [5.74, 6) is -0.631. The number of aromatic nitrogens is 4. The molecule has 3 saturated heterocycles. The van der Waals surface area contributed by atoms with Gasteiger partial charge in [0.2, 0.25) is 11.8 Å². The maximum atomic E-state index is 13.4. The summed E-state index contributed by atoms with van der Waals surface area (Å²) >= 11 is 1.10. The lowest BCUT2D eigenvalue weighted by molar-refractivity contribution is -0.169. The Kier molecular flexibility index (Phi) is 16.4. The number of carbonyl (C=O) groups excluding carboxylic acids is 4. The van der Waals surface area contributed by atoms with Crippen LogP contribution in [0, 0.1) is 34.0 Å². The second-order valence-electron chi connectivity index (χ2n) is 20.1. The van der Waals surface area contributed by atoms with Crippen molar-refractivity contribution in [1.29, 1.82) is 0 Å². The van der Waals surface area contributed by atoms with Gasteiger partial charge in [-0.2, -0.15) is 4.31 Å². The molecule has 1 spiro atoms. The number of phosphoric acid groups is 3. The Morgan fingerprint density at radius 3 is 2.49 bits per heavy atom. The van der Waals surface area contributed by atoms with Gasteiger partial charge in [-0.05, 0) is 56.4 Å². The van der Waals surface area contributed by atoms with Crippen LogP contribution in [0.2, 0.25) is 0 Å². The second-order valence-corrected chi connectivity index (χ2v) is 25.5. The summed E-state index contributed by atoms with van der Waals surface area (Å²) in [6.07, 6.45) is 2.03. The standard InChI is InChI=1S/C41H62N7O19P3S/c1-22(7-6-10-39(4)26(49)8-11-41-16-23-15-24(31(39)41)65-40(23,5)18-41)37(54)71-14-13-43-27(50)9-12-44-35(53)32(52)38(2,3)19-63-70(60,61)67-69(58,59)62-17-25-30(66-68(55,56)57)29(51)36(64-25)48-21-47-28-33(42)45-20-46-34(28)48/h8,11,20-25,29-32,36,51-52H,6-7,9-10,12-19H2,1-5H3,(H,43,50)(H,44,53)(H,58,59)(H,60,61)(H2,42,45,46)(H2,55,56,57)/t22-,23+,24-,25+,29+,30+,31-,32-,36+,39+,40-,41-/m0/s1. The molecule has 5 heterocycles. The van der Waals surface area contributed by atoms with E-state index >= 15 is 0 Å². The van der Waals surface area contributed by atoms with Crippen LogP contribution in [0.15, 0.2) is 24.8 Å². The number of hydrogen-bond donors (Lipinski definition) is 9. The van der Waals surface area contributed by atoms with E-state index in [0.29, 0.717) is 30.9 Å². The highest BCUT2D eigenvalue weighted by Gasteiger charge is 2.71. The minimum Gasteiger partial charge on any atom is -0.386 e. The topological polar surface area (TPSA) is 390 Å². The van der Waals surface area contributed by atoms with Crippen molar-refractivity contribution in [3.8, 4) is 0 Å². The van der Waals surface area contributed by atoms with Crippen molar-refractivity contribution in [1.82, 2.24) is 30.2 Å². The first-order chi connectivity index (χ1) is 33.0. The van der Waals surface area contributed by atoms with Crippen molar-refractivity contribution in [3.63, 3.8) is 0 Å². The van der Waals surface area contributed by atoms with E-state index in [0.717, 1.165) is 48.2 Å². The van der Waals surface area contributed by atoms with E-state index in [1.54, 1.807) is 6.08 Å². The average Bonchev–Trinajstić information content (AvgIpc) is 3.96. The van der Waals surface area contributed by atoms with Gasteiger partial charge in [-0.1, -0.05) is 52.0 Å². The quantitative estimate of drug-likeness (QED) is 0.0537. The monoisotopic (exact) mass is 1080 g/mol. The summed E-state index contributed by atoms with van der Waals surface area (Å²) in [4.78, 5) is 103. The number of nitrogens with one attached hydrogen (secondary N) is 2. The van der Waals surface area contributed by atoms with Gasteiger partial charge in [0.25, 0.3) is 0 Å². The zero-order chi connectivity index (χ0) is 52.1. The molecule has 2 saturated carbocycles. The summed E-state index contributed by atoms with van der Waals surface area (Å²) in [5.41, 5.74) is 3.61. The van der Waals surface area contributed by atoms with E-state index in [1.165, 1.54) is 13.8 Å². The lowest BCUT2D eigenvalue weighted by Crippen LogP contribution is -2.56. The predicted molar refractivity (Wildman–Crippen MR) is 249 cm³/mol. The number of rotatable bonds is 24. The van der Waals surface area contributed by atoms with E-state index < -0.39 is 90.0 Å². The van der Waals surface area contributed by atoms with Crippen molar-refractivity contribution in [3.05, 3.63) is 24.8 Å². The molecule has 2 unspecified atom stereocenters. The first kappa shape index (κ1) is 55.7. The number of aliphatic hydroxyl groups excluding tert-OH is 2. The Hall–Kier alpha value is -3.07. The molecule has 10 N–H and O–H groups in total. The number of allylic oxidation sites excluding steroid dienone is 2. The van der Waals surface area contributed by atoms with E-state index in [4.69, 9.17) is 24.3 Å². The number of phosphoric ester groups is 3. The highest BCUT2D eigenvalue weighted by atomic mass is 32.2. The number of nitrogens with two attached hydrogens (primary N) is 1. The Labute approximate surface area is 412 Å². The summed E-state index contributed by atoms with van der Waals surface area (Å²) in [5, 5.41) is 26.7. The van der Waals surface area contributed by atoms with Gasteiger partial charge in [-0.15, -0.1) is 0 Å². The van der Waals surface area contributed by atoms with E-state index in [9.17, 15) is 62.7 Å². The first-order valence-electron chi connectivity index (χ1n) is 23.0. The molecule has 0 radical (unpaired) electrons. The Morgan fingerprint density at radius 2 is 1.79 bits per heavy atom. The summed E-state index contributed by atoms with van der Waals surface area (Å²) < 4.78 is 69.2. The molecule has 71 heavy (non-hydrogen) atoms. The zero-order valence-electron chi connectivity index (χ0n) is 39.6. The number of ketones is 1. The van der Waals surface area contributed by atoms with Crippen LogP contribution < -0.4 is 16.4 Å². The number of anilines is 1. The normalized spacial score (nSPS) is 32.6. The van der Waals surface area contributed by atoms with Crippen LogP contribution >= 0.6 is 35.2 Å². The summed E-state index contributed by atoms with van der Waals surface area (Å²) in [7, 11) is -16.5. The molecule has 4 bridgehead atoms. The molecule has 0 aromatic carbocycles. The largest absolute Gasteiger partial charge is 0.481 e. The highest BCUT2D eigenvalue weighted by Crippen LogP contribution is 2.71. The zero-order valence-corrected chi connectivity index (χ0v) is 43.1. The van der Waals surface area contributed by atoms with Crippen LogP contribution in [0.5, 0.6) is 0 Å². The maximum Gasteiger partial charge on any atom is 0.481 e. The van der Waals surface area contributed by atoms with Crippen LogP contribution in [0.4, 0.5) is 5.82 Å². The minimum atomic E-state index is -5.60. The molecule has 2 aromatic rings. The first-order valence-corrected chi connectivity index (χ1v) is 28.5. The SMILES string of the molecule is C[C@@H](CCC[C@]1(C)C(=O)C=C[C@]23C[C@H]4C[C@H](O[C@@]4(C)C2)[C@H]31)C(=O)SCCNC(=O)CCNC(=O)[C@H](O)C(C)(C)COP(=O)(O)OP(=O)(O)OC[C@H]1O[C@@H](n2cnc3c(N)ncnc32)[C@H](O)[C@@H]1OP(=O)(O)O. The number of fused-ring (bicyclic) bond motifs is 1. The number of amides is 2. The molecule has 26 nitrogen and oxygen atoms in total. The number of carbonyl (C=O) groups is 4. The van der Waals surface area contributed by atoms with Crippen LogP contribution in [0.1, 0.15) is 85.8 Å². The van der Waals surface area contributed by atoms with E-state index in [-0.39, 0.29) is 76.3 Å². The number of thioether (sulfide) groups is 1. The fourth-order valence-electron chi connectivity index (χ4n) is 11.0. The molecule has 3 aliphatic heterocycles.